The number of nitrogens with one attached hydrogen (secondary N) is 2. The van der Waals surface area contributed by atoms with Gasteiger partial charge in [0.1, 0.15) is 0 Å². The maximum Gasteiger partial charge on any atom is 0.253 e. The van der Waals surface area contributed by atoms with Crippen LogP contribution < -0.4 is 5.32 Å². The molecule has 2 aromatic heterocycles. The topological polar surface area (TPSA) is 78.0 Å². The van der Waals surface area contributed by atoms with E-state index in [1.165, 1.54) is 11.8 Å². The molecule has 0 saturated carbocycles. The van der Waals surface area contributed by atoms with E-state index in [1.807, 2.05) is 6.07 Å². The number of aliphatic hydroxyl groups excluding tert-OH is 1. The Labute approximate surface area is 118 Å². The van der Waals surface area contributed by atoms with Crippen LogP contribution in [0.15, 0.2) is 16.5 Å². The molecule has 100 valence electrons. The Morgan fingerprint density at radius 1 is 1.53 bits per heavy atom. The Morgan fingerprint density at radius 3 is 3.16 bits per heavy atom. The van der Waals surface area contributed by atoms with Gasteiger partial charge in [-0.05, 0) is 18.1 Å². The highest BCUT2D eigenvalue weighted by Crippen LogP contribution is 2.42. The van der Waals surface area contributed by atoms with E-state index in [-0.39, 0.29) is 12.5 Å². The Bertz CT molecular complexity index is 592. The summed E-state index contributed by atoms with van der Waals surface area (Å²) in [5.74, 6) is 0.589. The number of H-pyrrole nitrogens is 1. The van der Waals surface area contributed by atoms with E-state index >= 15 is 0 Å². The molecule has 19 heavy (non-hydrogen) atoms. The minimum absolute atomic E-state index is 0.0105. The van der Waals surface area contributed by atoms with E-state index in [4.69, 9.17) is 5.11 Å². The highest BCUT2D eigenvalue weighted by Gasteiger charge is 2.27. The number of fused-ring (bicyclic) bond motifs is 1. The van der Waals surface area contributed by atoms with E-state index in [9.17, 15) is 4.79 Å². The molecule has 0 atom stereocenters. The van der Waals surface area contributed by atoms with E-state index in [0.717, 1.165) is 32.3 Å². The largest absolute Gasteiger partial charge is 0.396 e. The molecule has 0 saturated heterocycles. The number of hydrogen-bond donors (Lipinski definition) is 3. The summed E-state index contributed by atoms with van der Waals surface area (Å²) < 4.78 is 0.978. The zero-order valence-electron chi connectivity index (χ0n) is 10.1. The standard InChI is InChI=1S/C12H13N3O2S2/c16-5-6-18-12-9-7(1-3-13-11(9)17)10(19-12)8-2-4-14-15-8/h2,4,16H,1,3,5-6H2,(H,13,17)(H,14,15). The molecule has 1 aliphatic rings. The van der Waals surface area contributed by atoms with Crippen molar-refractivity contribution in [1.82, 2.24) is 15.5 Å². The summed E-state index contributed by atoms with van der Waals surface area (Å²) in [6.45, 7) is 0.784. The SMILES string of the molecule is O=C1NCCc2c(-c3ccn[nH]3)sc(SCCO)c21. The predicted octanol–water partition coefficient (Wildman–Crippen LogP) is 1.51. The normalized spacial score (nSPS) is 14.3. The molecule has 2 aromatic rings. The second-order valence-electron chi connectivity index (χ2n) is 4.12. The molecule has 3 N–H and O–H groups in total. The molecule has 0 bridgehead atoms. The summed E-state index contributed by atoms with van der Waals surface area (Å²) in [6.07, 6.45) is 2.55. The minimum Gasteiger partial charge on any atom is -0.396 e. The molecule has 0 radical (unpaired) electrons. The van der Waals surface area contributed by atoms with Gasteiger partial charge in [-0.25, -0.2) is 0 Å². The lowest BCUT2D eigenvalue weighted by Crippen LogP contribution is -2.31. The van der Waals surface area contributed by atoms with Crippen molar-refractivity contribution >= 4 is 29.0 Å². The van der Waals surface area contributed by atoms with Crippen LogP contribution in [0.2, 0.25) is 0 Å². The van der Waals surface area contributed by atoms with Gasteiger partial charge in [-0.2, -0.15) is 5.10 Å². The summed E-state index contributed by atoms with van der Waals surface area (Å²) in [4.78, 5) is 13.1. The average Bonchev–Trinajstić information content (AvgIpc) is 3.04. The van der Waals surface area contributed by atoms with Crippen molar-refractivity contribution in [3.05, 3.63) is 23.4 Å². The molecule has 3 heterocycles. The van der Waals surface area contributed by atoms with Crippen LogP contribution in [0, 0.1) is 0 Å². The third kappa shape index (κ3) is 2.29. The summed E-state index contributed by atoms with van der Waals surface area (Å²) in [7, 11) is 0. The van der Waals surface area contributed by atoms with Crippen molar-refractivity contribution in [3.63, 3.8) is 0 Å². The van der Waals surface area contributed by atoms with Gasteiger partial charge in [-0.1, -0.05) is 0 Å². The number of carbonyl (C=O) groups excluding carboxylic acids is 1. The highest BCUT2D eigenvalue weighted by atomic mass is 32.2. The smallest absolute Gasteiger partial charge is 0.253 e. The number of carbonyl (C=O) groups is 1. The monoisotopic (exact) mass is 295 g/mol. The van der Waals surface area contributed by atoms with Gasteiger partial charge in [-0.3, -0.25) is 9.89 Å². The van der Waals surface area contributed by atoms with Crippen LogP contribution in [0.25, 0.3) is 10.6 Å². The lowest BCUT2D eigenvalue weighted by atomic mass is 10.0. The van der Waals surface area contributed by atoms with Gasteiger partial charge in [-0.15, -0.1) is 23.1 Å². The molecule has 0 aromatic carbocycles. The van der Waals surface area contributed by atoms with Crippen molar-refractivity contribution in [2.24, 2.45) is 0 Å². The van der Waals surface area contributed by atoms with Crippen molar-refractivity contribution in [1.29, 1.82) is 0 Å². The summed E-state index contributed by atoms with van der Waals surface area (Å²) >= 11 is 3.13. The third-order valence-corrected chi connectivity index (χ3v) is 5.45. The van der Waals surface area contributed by atoms with Crippen LogP contribution in [0.1, 0.15) is 15.9 Å². The van der Waals surface area contributed by atoms with Crippen molar-refractivity contribution < 1.29 is 9.90 Å². The second kappa shape index (κ2) is 5.36. The fraction of sp³-hybridized carbons (Fsp3) is 0.333. The van der Waals surface area contributed by atoms with Crippen molar-refractivity contribution in [3.8, 4) is 10.6 Å². The molecule has 1 amide bonds. The molecule has 0 spiro atoms. The number of rotatable bonds is 4. The van der Waals surface area contributed by atoms with E-state index < -0.39 is 0 Å². The van der Waals surface area contributed by atoms with Gasteiger partial charge in [0.2, 0.25) is 0 Å². The first-order valence-corrected chi connectivity index (χ1v) is 7.78. The molecule has 7 heteroatoms. The van der Waals surface area contributed by atoms with Gasteiger partial charge in [0.25, 0.3) is 5.91 Å². The van der Waals surface area contributed by atoms with E-state index in [2.05, 4.69) is 15.5 Å². The van der Waals surface area contributed by atoms with Crippen LogP contribution in [0.4, 0.5) is 0 Å². The third-order valence-electron chi connectivity index (χ3n) is 2.93. The maximum absolute atomic E-state index is 12.0. The molecule has 1 aliphatic heterocycles. The average molecular weight is 295 g/mol. The lowest BCUT2D eigenvalue weighted by Gasteiger charge is -2.14. The van der Waals surface area contributed by atoms with Crippen LogP contribution >= 0.6 is 23.1 Å². The Balaban J connectivity index is 2.08. The van der Waals surface area contributed by atoms with Gasteiger partial charge in [0.15, 0.2) is 0 Å². The Kier molecular flexibility index (Phi) is 3.58. The molecule has 0 unspecified atom stereocenters. The number of thioether (sulfide) groups is 1. The number of nitrogens with zero attached hydrogens (tertiary/aromatic N) is 1. The quantitative estimate of drug-likeness (QED) is 0.747. The van der Waals surface area contributed by atoms with E-state index in [0.29, 0.717) is 12.3 Å². The van der Waals surface area contributed by atoms with Crippen LogP contribution in [-0.4, -0.2) is 40.1 Å². The fourth-order valence-corrected chi connectivity index (χ4v) is 4.57. The summed E-state index contributed by atoms with van der Waals surface area (Å²) in [5.41, 5.74) is 2.82. The Morgan fingerprint density at radius 2 is 2.42 bits per heavy atom. The number of aliphatic hydroxyl groups is 1. The minimum atomic E-state index is -0.0105. The molecule has 5 nitrogen and oxygen atoms in total. The maximum atomic E-state index is 12.0. The number of amides is 1. The lowest BCUT2D eigenvalue weighted by molar-refractivity contribution is 0.0944. The Hall–Kier alpha value is -1.31. The first kappa shape index (κ1) is 12.7. The van der Waals surface area contributed by atoms with Gasteiger partial charge in [0.05, 0.1) is 27.0 Å². The molecular formula is C12H13N3O2S2. The van der Waals surface area contributed by atoms with Crippen LogP contribution in [0.5, 0.6) is 0 Å². The van der Waals surface area contributed by atoms with Gasteiger partial charge >= 0.3 is 0 Å². The number of aromatic amines is 1. The van der Waals surface area contributed by atoms with Crippen LogP contribution in [0.3, 0.4) is 0 Å². The first-order valence-electron chi connectivity index (χ1n) is 5.98. The second-order valence-corrected chi connectivity index (χ2v) is 6.50. The number of thiophene rings is 1. The van der Waals surface area contributed by atoms with Crippen molar-refractivity contribution in [2.75, 3.05) is 18.9 Å². The summed E-state index contributed by atoms with van der Waals surface area (Å²) in [5, 5.41) is 18.8. The van der Waals surface area contributed by atoms with Gasteiger partial charge < -0.3 is 10.4 Å². The van der Waals surface area contributed by atoms with Gasteiger partial charge in [0, 0.05) is 18.5 Å². The molecule has 3 rings (SSSR count). The predicted molar refractivity (Wildman–Crippen MR) is 75.7 cm³/mol. The zero-order valence-corrected chi connectivity index (χ0v) is 11.7. The zero-order chi connectivity index (χ0) is 13.2. The molecular weight excluding hydrogens is 282 g/mol. The molecule has 0 fully saturated rings. The fourth-order valence-electron chi connectivity index (χ4n) is 2.14. The van der Waals surface area contributed by atoms with Crippen molar-refractivity contribution in [2.45, 2.75) is 10.6 Å². The highest BCUT2D eigenvalue weighted by molar-refractivity contribution is 8.01. The molecule has 0 aliphatic carbocycles. The number of aromatic nitrogens is 2. The first-order chi connectivity index (χ1) is 9.31. The summed E-state index contributed by atoms with van der Waals surface area (Å²) in [6, 6.07) is 1.92. The number of hydrogen-bond acceptors (Lipinski definition) is 5. The van der Waals surface area contributed by atoms with Crippen LogP contribution in [-0.2, 0) is 6.42 Å². The van der Waals surface area contributed by atoms with E-state index in [1.54, 1.807) is 17.5 Å².